The number of carbonyl (C=O) groups excluding carboxylic acids is 3. The number of methoxy groups -OCH3 is 1. The number of ether oxygens (including phenoxy) is 2. The predicted octanol–water partition coefficient (Wildman–Crippen LogP) is 0.821. The number of allylic oxidation sites excluding steroid dienone is 1. The first-order valence-corrected chi connectivity index (χ1v) is 12.4. The van der Waals surface area contributed by atoms with Crippen molar-refractivity contribution < 1.29 is 39.2 Å². The molecule has 1 saturated carbocycles. The Balaban J connectivity index is 2.43. The number of rotatable bonds is 13. The van der Waals surface area contributed by atoms with Crippen molar-refractivity contribution in [3.63, 3.8) is 0 Å². The number of esters is 1. The van der Waals surface area contributed by atoms with E-state index in [0.717, 1.165) is 25.7 Å². The Bertz CT molecular complexity index is 700. The van der Waals surface area contributed by atoms with Gasteiger partial charge in [-0.25, -0.2) is 0 Å². The molecule has 0 heterocycles. The van der Waals surface area contributed by atoms with Gasteiger partial charge in [-0.05, 0) is 31.1 Å². The summed E-state index contributed by atoms with van der Waals surface area (Å²) in [5, 5.41) is 35.7. The van der Waals surface area contributed by atoms with E-state index in [-0.39, 0.29) is 24.5 Å². The number of nitrogens with one attached hydrogen (secondary N) is 2. The van der Waals surface area contributed by atoms with Crippen molar-refractivity contribution in [2.24, 2.45) is 11.3 Å². The predicted molar refractivity (Wildman–Crippen MR) is 130 cm³/mol. The molecule has 1 aliphatic rings. The number of aliphatic hydroxyl groups is 3. The van der Waals surface area contributed by atoms with Crippen molar-refractivity contribution in [1.29, 1.82) is 0 Å². The lowest BCUT2D eigenvalue weighted by molar-refractivity contribution is -0.150. The number of carbonyl (C=O) groups is 3. The van der Waals surface area contributed by atoms with Gasteiger partial charge in [-0.2, -0.15) is 0 Å². The lowest BCUT2D eigenvalue weighted by Crippen LogP contribution is -2.55. The highest BCUT2D eigenvalue weighted by Gasteiger charge is 2.36. The van der Waals surface area contributed by atoms with Crippen molar-refractivity contribution in [3.8, 4) is 0 Å². The zero-order chi connectivity index (χ0) is 26.6. The fourth-order valence-corrected chi connectivity index (χ4v) is 3.82. The third-order valence-electron chi connectivity index (χ3n) is 5.91. The van der Waals surface area contributed by atoms with Crippen LogP contribution in [-0.2, 0) is 23.9 Å². The lowest BCUT2D eigenvalue weighted by atomic mass is 9.87. The molecular formula is C25H44N2O8. The van der Waals surface area contributed by atoms with Crippen LogP contribution in [0.1, 0.15) is 66.2 Å². The lowest BCUT2D eigenvalue weighted by Gasteiger charge is -2.28. The van der Waals surface area contributed by atoms with Crippen LogP contribution in [0.2, 0.25) is 0 Å². The van der Waals surface area contributed by atoms with Crippen LogP contribution in [0.15, 0.2) is 12.2 Å². The average molecular weight is 501 g/mol. The molecule has 2 amide bonds. The Kier molecular flexibility index (Phi) is 13.5. The Labute approximate surface area is 208 Å². The normalized spacial score (nSPS) is 19.4. The number of hydrogen-bond donors (Lipinski definition) is 5. The highest BCUT2D eigenvalue weighted by atomic mass is 16.5. The Morgan fingerprint density at radius 1 is 1.03 bits per heavy atom. The first-order chi connectivity index (χ1) is 16.4. The van der Waals surface area contributed by atoms with Crippen LogP contribution in [0.5, 0.6) is 0 Å². The van der Waals surface area contributed by atoms with E-state index in [0.29, 0.717) is 12.3 Å². The van der Waals surface area contributed by atoms with Gasteiger partial charge in [-0.1, -0.05) is 52.2 Å². The van der Waals surface area contributed by atoms with Gasteiger partial charge in [0.05, 0.1) is 6.54 Å². The second-order valence-corrected chi connectivity index (χ2v) is 10.3. The number of amides is 2. The maximum Gasteiger partial charge on any atom is 0.306 e. The van der Waals surface area contributed by atoms with E-state index in [1.54, 1.807) is 6.08 Å². The number of hydrogen-bond acceptors (Lipinski definition) is 8. The third-order valence-corrected chi connectivity index (χ3v) is 5.91. The van der Waals surface area contributed by atoms with E-state index < -0.39 is 42.3 Å². The summed E-state index contributed by atoms with van der Waals surface area (Å²) in [6, 6.07) is -0.979. The van der Waals surface area contributed by atoms with Gasteiger partial charge in [0.15, 0.2) is 6.10 Å². The summed E-state index contributed by atoms with van der Waals surface area (Å²) in [6.07, 6.45) is 2.66. The Morgan fingerprint density at radius 2 is 1.66 bits per heavy atom. The maximum atomic E-state index is 12.5. The molecule has 5 N–H and O–H groups in total. The van der Waals surface area contributed by atoms with Gasteiger partial charge in [0.1, 0.15) is 31.0 Å². The fourth-order valence-electron chi connectivity index (χ4n) is 3.82. The van der Waals surface area contributed by atoms with Gasteiger partial charge in [0.2, 0.25) is 5.91 Å². The largest absolute Gasteiger partial charge is 0.464 e. The highest BCUT2D eigenvalue weighted by Crippen LogP contribution is 2.26. The third kappa shape index (κ3) is 12.0. The molecule has 0 bridgehead atoms. The van der Waals surface area contributed by atoms with E-state index in [2.05, 4.69) is 10.6 Å². The van der Waals surface area contributed by atoms with Gasteiger partial charge in [-0.15, -0.1) is 0 Å². The average Bonchev–Trinajstić information content (AvgIpc) is 2.80. The van der Waals surface area contributed by atoms with Crippen LogP contribution in [0.25, 0.3) is 0 Å². The van der Waals surface area contributed by atoms with Crippen LogP contribution in [0.3, 0.4) is 0 Å². The molecule has 5 atom stereocenters. The van der Waals surface area contributed by atoms with E-state index in [1.165, 1.54) is 26.5 Å². The van der Waals surface area contributed by atoms with E-state index >= 15 is 0 Å². The summed E-state index contributed by atoms with van der Waals surface area (Å²) in [7, 11) is 1.17. The molecule has 0 aromatic heterocycles. The van der Waals surface area contributed by atoms with Crippen LogP contribution in [0.4, 0.5) is 0 Å². The van der Waals surface area contributed by atoms with E-state index in [9.17, 15) is 29.7 Å². The minimum atomic E-state index is -1.74. The monoisotopic (exact) mass is 500 g/mol. The molecule has 10 heteroatoms. The molecule has 1 rings (SSSR count). The summed E-state index contributed by atoms with van der Waals surface area (Å²) in [4.78, 5) is 36.7. The van der Waals surface area contributed by atoms with Crippen molar-refractivity contribution >= 4 is 17.8 Å². The second-order valence-electron chi connectivity index (χ2n) is 10.3. The molecule has 0 aliphatic heterocycles. The standard InChI is InChI=1S/C25H44N2O8/c1-16(23(32)26-13-14-35-19(29)15-17-9-7-6-8-10-17)27-24(33)22(34-5)21(31)20(30)18(28)11-12-25(2,3)4/h11-12,16-18,20-22,28,30-31H,6-10,13-15H2,1-5H3,(H,26,32)(H,27,33)/t16-,18+,20-,21+,22+/m0/s1. The van der Waals surface area contributed by atoms with Crippen LogP contribution < -0.4 is 10.6 Å². The molecule has 0 saturated heterocycles. The quantitative estimate of drug-likeness (QED) is 0.141. The number of aliphatic hydroxyl groups excluding tert-OH is 3. The summed E-state index contributed by atoms with van der Waals surface area (Å²) >= 11 is 0. The van der Waals surface area contributed by atoms with Crippen LogP contribution >= 0.6 is 0 Å². The summed E-state index contributed by atoms with van der Waals surface area (Å²) in [5.41, 5.74) is -0.250. The topological polar surface area (TPSA) is 154 Å². The summed E-state index contributed by atoms with van der Waals surface area (Å²) in [5.74, 6) is -1.24. The maximum absolute atomic E-state index is 12.5. The van der Waals surface area contributed by atoms with Crippen molar-refractivity contribution in [3.05, 3.63) is 12.2 Å². The zero-order valence-electron chi connectivity index (χ0n) is 21.7. The molecule has 0 spiro atoms. The van der Waals surface area contributed by atoms with E-state index in [1.807, 2.05) is 20.8 Å². The van der Waals surface area contributed by atoms with Crippen molar-refractivity contribution in [2.75, 3.05) is 20.3 Å². The van der Waals surface area contributed by atoms with Gasteiger partial charge >= 0.3 is 5.97 Å². The van der Waals surface area contributed by atoms with Gasteiger partial charge in [0.25, 0.3) is 5.91 Å². The Hall–Kier alpha value is -2.01. The molecule has 0 aromatic rings. The molecule has 1 fully saturated rings. The highest BCUT2D eigenvalue weighted by molar-refractivity contribution is 5.89. The molecule has 202 valence electrons. The molecule has 0 radical (unpaired) electrons. The SMILES string of the molecule is CO[C@@H](C(=O)N[C@@H](C)C(=O)NCCOC(=O)CC1CCCCC1)[C@H](O)[C@@H](O)[C@H](O)C=CC(C)(C)C. The van der Waals surface area contributed by atoms with Gasteiger partial charge in [-0.3, -0.25) is 14.4 Å². The zero-order valence-corrected chi connectivity index (χ0v) is 21.7. The van der Waals surface area contributed by atoms with Crippen molar-refractivity contribution in [1.82, 2.24) is 10.6 Å². The molecule has 1 aliphatic carbocycles. The fraction of sp³-hybridized carbons (Fsp3) is 0.800. The summed E-state index contributed by atoms with van der Waals surface area (Å²) in [6.45, 7) is 7.27. The molecule has 0 aromatic carbocycles. The minimum absolute atomic E-state index is 0.0313. The molecule has 35 heavy (non-hydrogen) atoms. The van der Waals surface area contributed by atoms with Crippen LogP contribution in [-0.4, -0.2) is 83.8 Å². The molecular weight excluding hydrogens is 456 g/mol. The van der Waals surface area contributed by atoms with Crippen molar-refractivity contribution in [2.45, 2.75) is 96.7 Å². The first kappa shape index (κ1) is 31.0. The van der Waals surface area contributed by atoms with Gasteiger partial charge in [0, 0.05) is 13.5 Å². The smallest absolute Gasteiger partial charge is 0.306 e. The summed E-state index contributed by atoms with van der Waals surface area (Å²) < 4.78 is 10.2. The first-order valence-electron chi connectivity index (χ1n) is 12.4. The van der Waals surface area contributed by atoms with Gasteiger partial charge < -0.3 is 35.4 Å². The molecule has 0 unspecified atom stereocenters. The second kappa shape index (κ2) is 15.2. The van der Waals surface area contributed by atoms with Crippen LogP contribution in [0, 0.1) is 11.3 Å². The molecule has 10 nitrogen and oxygen atoms in total. The minimum Gasteiger partial charge on any atom is -0.464 e. The Morgan fingerprint density at radius 3 is 2.23 bits per heavy atom. The van der Waals surface area contributed by atoms with E-state index in [4.69, 9.17) is 9.47 Å².